The van der Waals surface area contributed by atoms with Gasteiger partial charge >= 0.3 is 5.69 Å². The monoisotopic (exact) mass is 431 g/mol. The van der Waals surface area contributed by atoms with E-state index in [0.29, 0.717) is 0 Å². The van der Waals surface area contributed by atoms with Gasteiger partial charge in [-0.05, 0) is 12.3 Å². The third-order valence-corrected chi connectivity index (χ3v) is 6.80. The highest BCUT2D eigenvalue weighted by Crippen LogP contribution is 2.54. The van der Waals surface area contributed by atoms with E-state index in [0.717, 1.165) is 4.57 Å². The minimum atomic E-state index is -4.03. The van der Waals surface area contributed by atoms with Crippen LogP contribution in [0.15, 0.2) is 15.8 Å². The molecular weight excluding hydrogens is 406 g/mol. The normalized spacial score (nSPS) is 38.2. The zero-order chi connectivity index (χ0) is 21.4. The third kappa shape index (κ3) is 3.01. The lowest BCUT2D eigenvalue weighted by Crippen LogP contribution is -2.64. The lowest BCUT2D eigenvalue weighted by Gasteiger charge is -2.39. The fourth-order valence-corrected chi connectivity index (χ4v) is 5.93. The average molecular weight is 431 g/mol. The molecular formula is C17H25N3O8S. The summed E-state index contributed by atoms with van der Waals surface area (Å²) in [5.74, 6) is -0.501. The number of hydrogen-bond donors (Lipinski definition) is 3. The first kappa shape index (κ1) is 20.7. The molecule has 162 valence electrons. The summed E-state index contributed by atoms with van der Waals surface area (Å²) < 4.78 is 43.3. The second kappa shape index (κ2) is 6.22. The Morgan fingerprint density at radius 1 is 1.38 bits per heavy atom. The SMILES string of the molecule is Cc1cn([C@@H]2O[C@@H]3CN[C@@]4(OCC(C)(C)C)CS(=O)(=O)O[C@@]34[C@H]2O)c(=O)[nH]c1=O. The highest BCUT2D eigenvalue weighted by atomic mass is 32.2. The van der Waals surface area contributed by atoms with Crippen molar-refractivity contribution >= 4 is 10.1 Å². The second-order valence-electron chi connectivity index (χ2n) is 9.07. The van der Waals surface area contributed by atoms with Crippen LogP contribution in [0.3, 0.4) is 0 Å². The molecule has 3 saturated heterocycles. The van der Waals surface area contributed by atoms with Crippen molar-refractivity contribution in [2.75, 3.05) is 18.9 Å². The lowest BCUT2D eigenvalue weighted by atomic mass is 9.85. The summed E-state index contributed by atoms with van der Waals surface area (Å²) in [5, 5.41) is 14.2. The van der Waals surface area contributed by atoms with Crippen molar-refractivity contribution in [1.29, 1.82) is 0 Å². The van der Waals surface area contributed by atoms with Gasteiger partial charge in [-0.1, -0.05) is 20.8 Å². The number of aryl methyl sites for hydroxylation is 1. The first-order valence-electron chi connectivity index (χ1n) is 9.28. The molecule has 3 aliphatic heterocycles. The van der Waals surface area contributed by atoms with E-state index in [9.17, 15) is 23.1 Å². The molecule has 0 saturated carbocycles. The van der Waals surface area contributed by atoms with Crippen molar-refractivity contribution in [2.45, 2.75) is 57.5 Å². The van der Waals surface area contributed by atoms with E-state index in [1.165, 1.54) is 13.1 Å². The standard InChI is InChI=1S/C17H25N3O8S/c1-9-6-20(14(23)19-12(9)22)13-11(21)17-10(27-13)5-18-16(17,8-29(24,25)28-17)26-7-15(2,3)4/h6,10-11,13,18,21H,5,7-8H2,1-4H3,(H,19,22,23)/t10-,11+,13-,16-,17-/m1/s1. The summed E-state index contributed by atoms with van der Waals surface area (Å²) in [6.07, 6.45) is -2.43. The maximum atomic E-state index is 12.4. The Balaban J connectivity index is 1.79. The van der Waals surface area contributed by atoms with Gasteiger partial charge in [-0.25, -0.2) is 4.79 Å². The van der Waals surface area contributed by atoms with Crippen LogP contribution in [0.4, 0.5) is 0 Å². The second-order valence-corrected chi connectivity index (χ2v) is 10.6. The number of hydrogen-bond acceptors (Lipinski definition) is 9. The highest BCUT2D eigenvalue weighted by Gasteiger charge is 2.79. The fourth-order valence-electron chi connectivity index (χ4n) is 4.20. The Hall–Kier alpha value is -1.57. The molecule has 3 N–H and O–H groups in total. The molecule has 5 atom stereocenters. The van der Waals surface area contributed by atoms with Crippen molar-refractivity contribution < 1.29 is 27.2 Å². The maximum Gasteiger partial charge on any atom is 0.330 e. The van der Waals surface area contributed by atoms with E-state index in [1.807, 2.05) is 20.8 Å². The number of ether oxygens (including phenoxy) is 2. The van der Waals surface area contributed by atoms with Crippen molar-refractivity contribution in [3.05, 3.63) is 32.6 Å². The number of aromatic amines is 1. The topological polar surface area (TPSA) is 149 Å². The molecule has 3 fully saturated rings. The summed E-state index contributed by atoms with van der Waals surface area (Å²) in [7, 11) is -4.03. The molecule has 0 bridgehead atoms. The van der Waals surface area contributed by atoms with Crippen LogP contribution in [0.5, 0.6) is 0 Å². The summed E-state index contributed by atoms with van der Waals surface area (Å²) in [5.41, 5.74) is -4.66. The Morgan fingerprint density at radius 3 is 2.72 bits per heavy atom. The van der Waals surface area contributed by atoms with Gasteiger partial charge in [0.1, 0.15) is 18.0 Å². The molecule has 29 heavy (non-hydrogen) atoms. The number of rotatable bonds is 3. The van der Waals surface area contributed by atoms with E-state index in [-0.39, 0.29) is 24.1 Å². The van der Waals surface area contributed by atoms with Crippen LogP contribution in [-0.2, 0) is 23.8 Å². The van der Waals surface area contributed by atoms with Gasteiger partial charge in [-0.3, -0.25) is 23.8 Å². The molecule has 4 rings (SSSR count). The Morgan fingerprint density at radius 2 is 2.07 bits per heavy atom. The Kier molecular flexibility index (Phi) is 4.44. The summed E-state index contributed by atoms with van der Waals surface area (Å²) >= 11 is 0. The van der Waals surface area contributed by atoms with Gasteiger partial charge in [-0.15, -0.1) is 0 Å². The molecule has 1 spiro atoms. The first-order chi connectivity index (χ1) is 13.3. The molecule has 11 nitrogen and oxygen atoms in total. The molecule has 0 unspecified atom stereocenters. The van der Waals surface area contributed by atoms with E-state index in [2.05, 4.69) is 10.3 Å². The van der Waals surface area contributed by atoms with Gasteiger partial charge in [0.15, 0.2) is 17.6 Å². The quantitative estimate of drug-likeness (QED) is 0.489. The van der Waals surface area contributed by atoms with E-state index in [1.54, 1.807) is 0 Å². The first-order valence-corrected chi connectivity index (χ1v) is 10.9. The van der Waals surface area contributed by atoms with Crippen molar-refractivity contribution in [2.24, 2.45) is 5.41 Å². The number of nitrogens with zero attached hydrogens (tertiary/aromatic N) is 1. The van der Waals surface area contributed by atoms with Crippen molar-refractivity contribution in [1.82, 2.24) is 14.9 Å². The molecule has 3 aliphatic rings. The fraction of sp³-hybridized carbons (Fsp3) is 0.765. The van der Waals surface area contributed by atoms with E-state index in [4.69, 9.17) is 13.7 Å². The van der Waals surface area contributed by atoms with Crippen LogP contribution in [-0.4, -0.2) is 65.5 Å². The zero-order valence-electron chi connectivity index (χ0n) is 16.6. The molecule has 1 aromatic heterocycles. The number of H-pyrrole nitrogens is 1. The largest absolute Gasteiger partial charge is 0.385 e. The predicted molar refractivity (Wildman–Crippen MR) is 99.7 cm³/mol. The smallest absolute Gasteiger partial charge is 0.330 e. The van der Waals surface area contributed by atoms with Crippen LogP contribution in [0.2, 0.25) is 0 Å². The van der Waals surface area contributed by atoms with E-state index >= 15 is 0 Å². The number of nitrogens with one attached hydrogen (secondary N) is 2. The summed E-state index contributed by atoms with van der Waals surface area (Å²) in [6, 6.07) is 0. The summed E-state index contributed by atoms with van der Waals surface area (Å²) in [6.45, 7) is 7.65. The highest BCUT2D eigenvalue weighted by molar-refractivity contribution is 7.87. The Bertz CT molecular complexity index is 1060. The van der Waals surface area contributed by atoms with Crippen LogP contribution >= 0.6 is 0 Å². The molecule has 0 aromatic carbocycles. The van der Waals surface area contributed by atoms with Crippen molar-refractivity contribution in [3.8, 4) is 0 Å². The van der Waals surface area contributed by atoms with Gasteiger partial charge in [0.25, 0.3) is 15.7 Å². The lowest BCUT2D eigenvalue weighted by molar-refractivity contribution is -0.182. The van der Waals surface area contributed by atoms with Crippen LogP contribution in [0.25, 0.3) is 0 Å². The van der Waals surface area contributed by atoms with Gasteiger partial charge in [0.2, 0.25) is 0 Å². The third-order valence-electron chi connectivity index (χ3n) is 5.51. The predicted octanol–water partition coefficient (Wildman–Crippen LogP) is -1.44. The number of aromatic nitrogens is 2. The zero-order valence-corrected chi connectivity index (χ0v) is 17.4. The molecule has 0 aliphatic carbocycles. The van der Waals surface area contributed by atoms with Crippen LogP contribution < -0.4 is 16.6 Å². The minimum absolute atomic E-state index is 0.157. The average Bonchev–Trinajstić information content (AvgIpc) is 3.10. The van der Waals surface area contributed by atoms with E-state index < -0.39 is 56.9 Å². The molecule has 0 radical (unpaired) electrons. The van der Waals surface area contributed by atoms with Crippen LogP contribution in [0, 0.1) is 12.3 Å². The Labute approximate surface area is 167 Å². The van der Waals surface area contributed by atoms with Crippen molar-refractivity contribution in [3.63, 3.8) is 0 Å². The molecule has 4 heterocycles. The minimum Gasteiger partial charge on any atom is -0.385 e. The van der Waals surface area contributed by atoms with Gasteiger partial charge < -0.3 is 14.6 Å². The number of aliphatic hydroxyl groups is 1. The summed E-state index contributed by atoms with van der Waals surface area (Å²) in [4.78, 5) is 26.1. The maximum absolute atomic E-state index is 12.4. The molecule has 0 amide bonds. The van der Waals surface area contributed by atoms with Crippen LogP contribution in [0.1, 0.15) is 32.6 Å². The number of aliphatic hydroxyl groups excluding tert-OH is 1. The van der Waals surface area contributed by atoms with Gasteiger partial charge in [0, 0.05) is 18.3 Å². The molecule has 1 aromatic rings. The van der Waals surface area contributed by atoms with Gasteiger partial charge in [-0.2, -0.15) is 8.42 Å². The molecule has 12 heteroatoms. The van der Waals surface area contributed by atoms with Gasteiger partial charge in [0.05, 0.1) is 6.61 Å².